The van der Waals surface area contributed by atoms with E-state index in [2.05, 4.69) is 10.3 Å². The Bertz CT molecular complexity index is 617. The first-order valence-corrected chi connectivity index (χ1v) is 6.73. The predicted molar refractivity (Wildman–Crippen MR) is 89.2 cm³/mol. The Morgan fingerprint density at radius 1 is 1.32 bits per heavy atom. The second kappa shape index (κ2) is 8.24. The summed E-state index contributed by atoms with van der Waals surface area (Å²) in [5.41, 5.74) is 7.79. The van der Waals surface area contributed by atoms with E-state index in [0.29, 0.717) is 11.4 Å². The number of benzene rings is 1. The number of aromatic nitrogens is 1. The van der Waals surface area contributed by atoms with Crippen molar-refractivity contribution >= 4 is 24.0 Å². The van der Waals surface area contributed by atoms with Crippen molar-refractivity contribution in [1.29, 1.82) is 0 Å². The van der Waals surface area contributed by atoms with E-state index in [4.69, 9.17) is 10.5 Å². The van der Waals surface area contributed by atoms with E-state index in [1.807, 2.05) is 31.2 Å². The van der Waals surface area contributed by atoms with E-state index < -0.39 is 0 Å². The van der Waals surface area contributed by atoms with Crippen LogP contribution in [0, 0.1) is 0 Å². The molecule has 1 atom stereocenters. The van der Waals surface area contributed by atoms with Crippen LogP contribution in [0.3, 0.4) is 0 Å². The number of methoxy groups -OCH3 is 1. The van der Waals surface area contributed by atoms with E-state index >= 15 is 0 Å². The van der Waals surface area contributed by atoms with Crippen LogP contribution in [0.2, 0.25) is 0 Å². The highest BCUT2D eigenvalue weighted by molar-refractivity contribution is 5.85. The zero-order valence-corrected chi connectivity index (χ0v) is 13.4. The van der Waals surface area contributed by atoms with Crippen LogP contribution in [0.1, 0.15) is 24.2 Å². The third-order valence-electron chi connectivity index (χ3n) is 3.17. The van der Waals surface area contributed by atoms with Gasteiger partial charge in [0.15, 0.2) is 0 Å². The molecule has 1 heterocycles. The van der Waals surface area contributed by atoms with E-state index in [1.54, 1.807) is 25.4 Å². The first kappa shape index (κ1) is 17.8. The van der Waals surface area contributed by atoms with Crippen LogP contribution in [0.15, 0.2) is 42.6 Å². The normalized spacial score (nSPS) is 11.2. The summed E-state index contributed by atoms with van der Waals surface area (Å²) in [5.74, 6) is 0.668. The van der Waals surface area contributed by atoms with Crippen LogP contribution in [0.25, 0.3) is 0 Å². The van der Waals surface area contributed by atoms with Crippen LogP contribution in [0.5, 0.6) is 5.75 Å². The molecule has 2 rings (SSSR count). The summed E-state index contributed by atoms with van der Waals surface area (Å²) < 4.78 is 5.30. The van der Waals surface area contributed by atoms with Gasteiger partial charge in [0.1, 0.15) is 5.75 Å². The number of nitrogens with zero attached hydrogens (tertiary/aromatic N) is 1. The lowest BCUT2D eigenvalue weighted by Crippen LogP contribution is -2.28. The number of nitrogens with one attached hydrogen (secondary N) is 1. The number of hydrogen-bond donors (Lipinski definition) is 2. The molecule has 1 aromatic carbocycles. The summed E-state index contributed by atoms with van der Waals surface area (Å²) in [6.07, 6.45) is 1.77. The van der Waals surface area contributed by atoms with Gasteiger partial charge in [0, 0.05) is 11.3 Å². The average molecular weight is 322 g/mol. The molecule has 1 aromatic heterocycles. The zero-order chi connectivity index (χ0) is 15.2. The fourth-order valence-electron chi connectivity index (χ4n) is 2.10. The SMILES string of the molecule is COc1ccccc1C(C)NC(=O)Cc1ccc(N)cn1.Cl. The van der Waals surface area contributed by atoms with Crippen molar-refractivity contribution in [1.82, 2.24) is 10.3 Å². The summed E-state index contributed by atoms with van der Waals surface area (Å²) in [4.78, 5) is 16.2. The fourth-order valence-corrected chi connectivity index (χ4v) is 2.10. The minimum absolute atomic E-state index is 0. The molecule has 6 heteroatoms. The Morgan fingerprint density at radius 3 is 2.68 bits per heavy atom. The van der Waals surface area contributed by atoms with Crippen LogP contribution >= 0.6 is 12.4 Å². The maximum Gasteiger partial charge on any atom is 0.226 e. The molecule has 2 aromatic rings. The third-order valence-corrected chi connectivity index (χ3v) is 3.17. The number of para-hydroxylation sites is 1. The lowest BCUT2D eigenvalue weighted by Gasteiger charge is -2.17. The van der Waals surface area contributed by atoms with Gasteiger partial charge in [0.05, 0.1) is 31.5 Å². The quantitative estimate of drug-likeness (QED) is 0.887. The van der Waals surface area contributed by atoms with Gasteiger partial charge in [0.2, 0.25) is 5.91 Å². The van der Waals surface area contributed by atoms with Gasteiger partial charge in [-0.15, -0.1) is 12.4 Å². The maximum atomic E-state index is 12.1. The molecule has 0 spiro atoms. The summed E-state index contributed by atoms with van der Waals surface area (Å²) in [6.45, 7) is 1.92. The topological polar surface area (TPSA) is 77.2 Å². The molecule has 1 unspecified atom stereocenters. The zero-order valence-electron chi connectivity index (χ0n) is 12.6. The third kappa shape index (κ3) is 4.63. The van der Waals surface area contributed by atoms with Crippen molar-refractivity contribution in [2.45, 2.75) is 19.4 Å². The van der Waals surface area contributed by atoms with E-state index in [1.165, 1.54) is 0 Å². The molecule has 0 saturated heterocycles. The molecule has 0 aliphatic carbocycles. The van der Waals surface area contributed by atoms with Crippen LogP contribution in [-0.4, -0.2) is 18.0 Å². The van der Waals surface area contributed by atoms with Gasteiger partial charge >= 0.3 is 0 Å². The Balaban J connectivity index is 0.00000242. The van der Waals surface area contributed by atoms with Crippen molar-refractivity contribution in [3.05, 3.63) is 53.9 Å². The second-order valence-corrected chi connectivity index (χ2v) is 4.79. The number of carbonyl (C=O) groups excluding carboxylic acids is 1. The van der Waals surface area contributed by atoms with Gasteiger partial charge in [-0.2, -0.15) is 0 Å². The van der Waals surface area contributed by atoms with Gasteiger partial charge in [-0.25, -0.2) is 0 Å². The number of halogens is 1. The van der Waals surface area contributed by atoms with Gasteiger partial charge in [-0.1, -0.05) is 18.2 Å². The molecule has 0 radical (unpaired) electrons. The Morgan fingerprint density at radius 2 is 2.05 bits per heavy atom. The molecule has 5 nitrogen and oxygen atoms in total. The Kier molecular flexibility index (Phi) is 6.66. The second-order valence-electron chi connectivity index (χ2n) is 4.79. The van der Waals surface area contributed by atoms with Crippen molar-refractivity contribution in [2.24, 2.45) is 0 Å². The molecule has 0 fully saturated rings. The lowest BCUT2D eigenvalue weighted by molar-refractivity contribution is -0.121. The Labute approximate surface area is 136 Å². The van der Waals surface area contributed by atoms with E-state index in [0.717, 1.165) is 11.3 Å². The summed E-state index contributed by atoms with van der Waals surface area (Å²) in [7, 11) is 1.62. The van der Waals surface area contributed by atoms with Crippen molar-refractivity contribution in [3.63, 3.8) is 0 Å². The summed E-state index contributed by atoms with van der Waals surface area (Å²) in [6, 6.07) is 11.0. The standard InChI is InChI=1S/C16H19N3O2.ClH/c1-11(14-5-3-4-6-15(14)21-2)19-16(20)9-13-8-7-12(17)10-18-13;/h3-8,10-11H,9,17H2,1-2H3,(H,19,20);1H. The summed E-state index contributed by atoms with van der Waals surface area (Å²) >= 11 is 0. The number of pyridine rings is 1. The molecule has 0 saturated carbocycles. The minimum Gasteiger partial charge on any atom is -0.496 e. The van der Waals surface area contributed by atoms with E-state index in [-0.39, 0.29) is 30.8 Å². The predicted octanol–water partition coefficient (Wildman–Crippen LogP) is 2.51. The fraction of sp³-hybridized carbons (Fsp3) is 0.250. The van der Waals surface area contributed by atoms with Crippen LogP contribution < -0.4 is 15.8 Å². The number of ether oxygens (including phenoxy) is 1. The highest BCUT2D eigenvalue weighted by Crippen LogP contribution is 2.24. The van der Waals surface area contributed by atoms with Crippen LogP contribution in [0.4, 0.5) is 5.69 Å². The Hall–Kier alpha value is -2.27. The summed E-state index contributed by atoms with van der Waals surface area (Å²) in [5, 5.41) is 2.94. The molecule has 118 valence electrons. The van der Waals surface area contributed by atoms with Gasteiger partial charge < -0.3 is 15.8 Å². The molecule has 0 aliphatic rings. The van der Waals surface area contributed by atoms with E-state index in [9.17, 15) is 4.79 Å². The largest absolute Gasteiger partial charge is 0.496 e. The smallest absolute Gasteiger partial charge is 0.226 e. The molecular formula is C16H20ClN3O2. The molecule has 1 amide bonds. The number of amides is 1. The van der Waals surface area contributed by atoms with Crippen molar-refractivity contribution in [2.75, 3.05) is 12.8 Å². The number of carbonyl (C=O) groups is 1. The van der Waals surface area contributed by atoms with Gasteiger partial charge in [-0.05, 0) is 25.1 Å². The highest BCUT2D eigenvalue weighted by atomic mass is 35.5. The molecular weight excluding hydrogens is 302 g/mol. The van der Waals surface area contributed by atoms with Gasteiger partial charge in [-0.3, -0.25) is 9.78 Å². The lowest BCUT2D eigenvalue weighted by atomic mass is 10.1. The number of hydrogen-bond acceptors (Lipinski definition) is 4. The average Bonchev–Trinajstić information content (AvgIpc) is 2.49. The van der Waals surface area contributed by atoms with Crippen molar-refractivity contribution < 1.29 is 9.53 Å². The maximum absolute atomic E-state index is 12.1. The monoisotopic (exact) mass is 321 g/mol. The molecule has 0 aliphatic heterocycles. The number of nitrogens with two attached hydrogens (primary N) is 1. The van der Waals surface area contributed by atoms with Crippen molar-refractivity contribution in [3.8, 4) is 5.75 Å². The molecule has 0 bridgehead atoms. The highest BCUT2D eigenvalue weighted by Gasteiger charge is 2.14. The minimum atomic E-state index is -0.137. The van der Waals surface area contributed by atoms with Crippen LogP contribution in [-0.2, 0) is 11.2 Å². The number of rotatable bonds is 5. The first-order chi connectivity index (χ1) is 10.1. The number of anilines is 1. The molecule has 3 N–H and O–H groups in total. The molecule has 22 heavy (non-hydrogen) atoms. The first-order valence-electron chi connectivity index (χ1n) is 6.73. The number of nitrogen functional groups attached to an aromatic ring is 1. The van der Waals surface area contributed by atoms with Gasteiger partial charge in [0.25, 0.3) is 0 Å².